The molecule has 0 spiro atoms. The summed E-state index contributed by atoms with van der Waals surface area (Å²) in [7, 11) is 0. The number of nitrogens with two attached hydrogens (primary N) is 1. The van der Waals surface area contributed by atoms with Crippen LogP contribution in [-0.4, -0.2) is 17.6 Å². The molecule has 3 N–H and O–H groups in total. The van der Waals surface area contributed by atoms with E-state index in [1.807, 2.05) is 6.92 Å². The molecule has 0 radical (unpaired) electrons. The summed E-state index contributed by atoms with van der Waals surface area (Å²) in [5.41, 5.74) is 5.90. The molecule has 2 heterocycles. The highest BCUT2D eigenvalue weighted by Gasteiger charge is 2.57. The van der Waals surface area contributed by atoms with Gasteiger partial charge in [0.15, 0.2) is 5.89 Å². The van der Waals surface area contributed by atoms with Crippen molar-refractivity contribution in [2.45, 2.75) is 19.0 Å². The van der Waals surface area contributed by atoms with Crippen molar-refractivity contribution in [2.75, 3.05) is 6.54 Å². The molecule has 4 nitrogen and oxygen atoms in total. The highest BCUT2D eigenvalue weighted by atomic mass is 16.4. The number of oxazole rings is 1. The Kier molecular flexibility index (Phi) is 1.35. The minimum Gasteiger partial charge on any atom is -0.444 e. The van der Waals surface area contributed by atoms with Crippen LogP contribution in [0.15, 0.2) is 10.6 Å². The quantitative estimate of drug-likeness (QED) is 0.646. The molecule has 1 saturated carbocycles. The molecule has 0 amide bonds. The van der Waals surface area contributed by atoms with Crippen LogP contribution in [0.2, 0.25) is 0 Å². The van der Waals surface area contributed by atoms with Gasteiger partial charge in [0.05, 0.1) is 12.2 Å². The Morgan fingerprint density at radius 1 is 1.69 bits per heavy atom. The SMILES string of the molecule is Cc1ncc(C2NCC3C(N)C23)o1. The summed E-state index contributed by atoms with van der Waals surface area (Å²) >= 11 is 0. The largest absolute Gasteiger partial charge is 0.444 e. The van der Waals surface area contributed by atoms with Gasteiger partial charge in [-0.15, -0.1) is 0 Å². The number of rotatable bonds is 1. The van der Waals surface area contributed by atoms with E-state index in [0.717, 1.165) is 18.2 Å². The molecular weight excluding hydrogens is 166 g/mol. The lowest BCUT2D eigenvalue weighted by Crippen LogP contribution is -2.25. The molecule has 1 aliphatic carbocycles. The Morgan fingerprint density at radius 2 is 2.54 bits per heavy atom. The van der Waals surface area contributed by atoms with Crippen LogP contribution < -0.4 is 11.1 Å². The first kappa shape index (κ1) is 7.53. The zero-order valence-electron chi connectivity index (χ0n) is 7.53. The number of nitrogens with one attached hydrogen (secondary N) is 1. The molecule has 1 aromatic heterocycles. The summed E-state index contributed by atoms with van der Waals surface area (Å²) < 4.78 is 5.48. The van der Waals surface area contributed by atoms with Crippen molar-refractivity contribution in [1.82, 2.24) is 10.3 Å². The summed E-state index contributed by atoms with van der Waals surface area (Å²) in [6, 6.07) is 0.679. The number of nitrogens with zero attached hydrogens (tertiary/aromatic N) is 1. The maximum atomic E-state index is 5.90. The zero-order valence-corrected chi connectivity index (χ0v) is 7.53. The fourth-order valence-corrected chi connectivity index (χ4v) is 2.38. The summed E-state index contributed by atoms with van der Waals surface area (Å²) in [6.45, 7) is 2.89. The Hall–Kier alpha value is -0.870. The van der Waals surface area contributed by atoms with Crippen LogP contribution in [0.4, 0.5) is 0 Å². The van der Waals surface area contributed by atoms with Crippen molar-refractivity contribution < 1.29 is 4.42 Å². The van der Waals surface area contributed by atoms with Gasteiger partial charge in [0.1, 0.15) is 5.76 Å². The second kappa shape index (κ2) is 2.33. The zero-order chi connectivity index (χ0) is 9.00. The highest BCUT2D eigenvalue weighted by molar-refractivity contribution is 5.19. The first-order valence-electron chi connectivity index (χ1n) is 4.68. The molecule has 13 heavy (non-hydrogen) atoms. The van der Waals surface area contributed by atoms with Gasteiger partial charge >= 0.3 is 0 Å². The van der Waals surface area contributed by atoms with E-state index in [1.165, 1.54) is 0 Å². The molecule has 0 aromatic carbocycles. The average molecular weight is 179 g/mol. The van der Waals surface area contributed by atoms with Gasteiger partial charge < -0.3 is 15.5 Å². The number of aryl methyl sites for hydroxylation is 1. The van der Waals surface area contributed by atoms with Gasteiger partial charge in [-0.3, -0.25) is 0 Å². The smallest absolute Gasteiger partial charge is 0.191 e. The normalized spacial score (nSPS) is 42.0. The van der Waals surface area contributed by atoms with Gasteiger partial charge in [-0.1, -0.05) is 0 Å². The number of fused-ring (bicyclic) bond motifs is 1. The molecule has 2 fully saturated rings. The van der Waals surface area contributed by atoms with E-state index >= 15 is 0 Å². The van der Waals surface area contributed by atoms with E-state index in [2.05, 4.69) is 10.3 Å². The predicted octanol–water partition coefficient (Wildman–Crippen LogP) is 0.201. The minimum atomic E-state index is 0.307. The van der Waals surface area contributed by atoms with Crippen molar-refractivity contribution in [3.63, 3.8) is 0 Å². The maximum absolute atomic E-state index is 5.90. The second-order valence-corrected chi connectivity index (χ2v) is 3.99. The van der Waals surface area contributed by atoms with Gasteiger partial charge in [-0.2, -0.15) is 0 Å². The van der Waals surface area contributed by atoms with E-state index < -0.39 is 0 Å². The Bertz CT molecular complexity index is 335. The first-order chi connectivity index (χ1) is 6.27. The lowest BCUT2D eigenvalue weighted by Gasteiger charge is -2.10. The third kappa shape index (κ3) is 0.957. The van der Waals surface area contributed by atoms with Gasteiger partial charge in [0.25, 0.3) is 0 Å². The third-order valence-corrected chi connectivity index (χ3v) is 3.20. The fourth-order valence-electron chi connectivity index (χ4n) is 2.38. The maximum Gasteiger partial charge on any atom is 0.191 e. The molecule has 4 heteroatoms. The van der Waals surface area contributed by atoms with Crippen LogP contribution in [0.1, 0.15) is 17.7 Å². The highest BCUT2D eigenvalue weighted by Crippen LogP contribution is 2.50. The summed E-state index contributed by atoms with van der Waals surface area (Å²) in [6.07, 6.45) is 1.81. The third-order valence-electron chi connectivity index (χ3n) is 3.20. The molecule has 1 aromatic rings. The first-order valence-corrected chi connectivity index (χ1v) is 4.68. The molecular formula is C9H13N3O. The Balaban J connectivity index is 1.86. The van der Waals surface area contributed by atoms with Gasteiger partial charge in [-0.05, 0) is 5.92 Å². The van der Waals surface area contributed by atoms with Crippen LogP contribution in [0, 0.1) is 18.8 Å². The molecule has 1 aliphatic heterocycles. The molecule has 4 unspecified atom stereocenters. The van der Waals surface area contributed by atoms with Crippen LogP contribution in [0.5, 0.6) is 0 Å². The molecule has 70 valence electrons. The number of hydrogen-bond donors (Lipinski definition) is 2. The lowest BCUT2D eigenvalue weighted by atomic mass is 10.1. The number of piperidine rings is 1. The van der Waals surface area contributed by atoms with E-state index in [0.29, 0.717) is 23.9 Å². The monoisotopic (exact) mass is 179 g/mol. The Morgan fingerprint density at radius 3 is 3.08 bits per heavy atom. The summed E-state index contributed by atoms with van der Waals surface area (Å²) in [5, 5.41) is 3.40. The minimum absolute atomic E-state index is 0.307. The van der Waals surface area contributed by atoms with E-state index in [9.17, 15) is 0 Å². The lowest BCUT2D eigenvalue weighted by molar-refractivity contribution is 0.396. The Labute approximate surface area is 76.5 Å². The molecule has 1 saturated heterocycles. The van der Waals surface area contributed by atoms with E-state index in [-0.39, 0.29) is 0 Å². The standard InChI is InChI=1S/C9H13N3O/c1-4-11-3-6(13-4)9-7-5(2-12-9)8(7)10/h3,5,7-9,12H,2,10H2,1H3. The summed E-state index contributed by atoms with van der Waals surface area (Å²) in [4.78, 5) is 4.09. The van der Waals surface area contributed by atoms with Crippen molar-refractivity contribution in [3.05, 3.63) is 17.8 Å². The van der Waals surface area contributed by atoms with Crippen molar-refractivity contribution >= 4 is 0 Å². The van der Waals surface area contributed by atoms with Gasteiger partial charge in [0.2, 0.25) is 0 Å². The van der Waals surface area contributed by atoms with Crippen LogP contribution in [0.25, 0.3) is 0 Å². The van der Waals surface area contributed by atoms with Crippen LogP contribution in [0.3, 0.4) is 0 Å². The number of aromatic nitrogens is 1. The number of hydrogen-bond acceptors (Lipinski definition) is 4. The predicted molar refractivity (Wildman–Crippen MR) is 46.9 cm³/mol. The van der Waals surface area contributed by atoms with E-state index in [1.54, 1.807) is 6.20 Å². The van der Waals surface area contributed by atoms with Crippen molar-refractivity contribution in [2.24, 2.45) is 17.6 Å². The van der Waals surface area contributed by atoms with Gasteiger partial charge in [-0.25, -0.2) is 4.98 Å². The molecule has 2 aliphatic rings. The van der Waals surface area contributed by atoms with Crippen molar-refractivity contribution in [3.8, 4) is 0 Å². The topological polar surface area (TPSA) is 64.1 Å². The molecule has 3 rings (SSSR count). The average Bonchev–Trinajstić information content (AvgIpc) is 2.58. The second-order valence-electron chi connectivity index (χ2n) is 3.99. The van der Waals surface area contributed by atoms with Crippen molar-refractivity contribution in [1.29, 1.82) is 0 Å². The summed E-state index contributed by atoms with van der Waals surface area (Å²) in [5.74, 6) is 2.91. The van der Waals surface area contributed by atoms with Crippen LogP contribution >= 0.6 is 0 Å². The molecule has 0 bridgehead atoms. The van der Waals surface area contributed by atoms with Crippen LogP contribution in [-0.2, 0) is 0 Å². The fraction of sp³-hybridized carbons (Fsp3) is 0.667. The van der Waals surface area contributed by atoms with E-state index in [4.69, 9.17) is 10.2 Å². The molecule has 4 atom stereocenters. The van der Waals surface area contributed by atoms with Gasteiger partial charge in [0, 0.05) is 25.4 Å².